The first-order valence-corrected chi connectivity index (χ1v) is 3.27. The Bertz CT molecular complexity index is 313. The van der Waals surface area contributed by atoms with Crippen LogP contribution >= 0.6 is 0 Å². The van der Waals surface area contributed by atoms with Crippen molar-refractivity contribution in [1.29, 1.82) is 0 Å². The zero-order valence-electron chi connectivity index (χ0n) is 6.48. The van der Waals surface area contributed by atoms with E-state index in [0.717, 1.165) is 0 Å². The number of nitro groups is 1. The minimum atomic E-state index is -0.544. The number of hydrogen-bond acceptors (Lipinski definition) is 4. The molecule has 12 heavy (non-hydrogen) atoms. The minimum absolute atomic E-state index is 0.0602. The predicted molar refractivity (Wildman–Crippen MR) is 42.5 cm³/mol. The Kier molecular flexibility index (Phi) is 2.14. The van der Waals surface area contributed by atoms with Crippen molar-refractivity contribution in [2.24, 2.45) is 5.73 Å². The van der Waals surface area contributed by atoms with Gasteiger partial charge in [0.25, 0.3) is 5.70 Å². The average Bonchev–Trinajstić information content (AvgIpc) is 2.53. The third-order valence-electron chi connectivity index (χ3n) is 1.45. The Morgan fingerprint density at radius 2 is 2.42 bits per heavy atom. The van der Waals surface area contributed by atoms with Gasteiger partial charge in [-0.05, 0) is 12.1 Å². The monoisotopic (exact) mass is 168 g/mol. The molecule has 64 valence electrons. The smallest absolute Gasteiger partial charge is 0.269 e. The van der Waals surface area contributed by atoms with Crippen LogP contribution in [-0.2, 0) is 0 Å². The van der Waals surface area contributed by atoms with Gasteiger partial charge in [-0.2, -0.15) is 0 Å². The third kappa shape index (κ3) is 1.45. The van der Waals surface area contributed by atoms with Crippen molar-refractivity contribution in [3.8, 4) is 0 Å². The standard InChI is InChI=1S/C7H8N2O3/c1-5(9(10)11)7(8)6-3-2-4-12-6/h2-4H,8H2,1H3. The Hall–Kier alpha value is -1.78. The second-order valence-corrected chi connectivity index (χ2v) is 2.23. The molecule has 0 saturated heterocycles. The van der Waals surface area contributed by atoms with Crippen molar-refractivity contribution >= 4 is 5.70 Å². The fraction of sp³-hybridized carbons (Fsp3) is 0.143. The van der Waals surface area contributed by atoms with Crippen LogP contribution in [0.1, 0.15) is 12.7 Å². The molecule has 1 rings (SSSR count). The van der Waals surface area contributed by atoms with Gasteiger partial charge < -0.3 is 10.2 Å². The maximum absolute atomic E-state index is 10.3. The van der Waals surface area contributed by atoms with Crippen LogP contribution in [0.15, 0.2) is 28.5 Å². The Morgan fingerprint density at radius 3 is 2.83 bits per heavy atom. The number of hydrogen-bond donors (Lipinski definition) is 1. The molecular weight excluding hydrogens is 160 g/mol. The summed E-state index contributed by atoms with van der Waals surface area (Å²) >= 11 is 0. The fourth-order valence-corrected chi connectivity index (χ4v) is 0.708. The van der Waals surface area contributed by atoms with E-state index in [1.54, 1.807) is 12.1 Å². The summed E-state index contributed by atoms with van der Waals surface area (Å²) < 4.78 is 4.88. The van der Waals surface area contributed by atoms with Crippen LogP contribution in [-0.4, -0.2) is 4.92 Å². The highest BCUT2D eigenvalue weighted by atomic mass is 16.6. The van der Waals surface area contributed by atoms with Gasteiger partial charge in [0.1, 0.15) is 5.70 Å². The van der Waals surface area contributed by atoms with Gasteiger partial charge >= 0.3 is 0 Å². The molecule has 0 bridgehead atoms. The fourth-order valence-electron chi connectivity index (χ4n) is 0.708. The minimum Gasteiger partial charge on any atom is -0.463 e. The third-order valence-corrected chi connectivity index (χ3v) is 1.45. The van der Waals surface area contributed by atoms with Gasteiger partial charge in [-0.25, -0.2) is 0 Å². The highest BCUT2D eigenvalue weighted by Gasteiger charge is 2.12. The summed E-state index contributed by atoms with van der Waals surface area (Å²) in [7, 11) is 0. The van der Waals surface area contributed by atoms with Crippen molar-refractivity contribution in [3.05, 3.63) is 40.0 Å². The predicted octanol–water partition coefficient (Wildman–Crippen LogP) is 1.20. The molecule has 5 nitrogen and oxygen atoms in total. The van der Waals surface area contributed by atoms with E-state index in [1.807, 2.05) is 0 Å². The summed E-state index contributed by atoms with van der Waals surface area (Å²) in [5.74, 6) is 0.323. The maximum atomic E-state index is 10.3. The van der Waals surface area contributed by atoms with Crippen molar-refractivity contribution in [3.63, 3.8) is 0 Å². The van der Waals surface area contributed by atoms with E-state index < -0.39 is 4.92 Å². The van der Waals surface area contributed by atoms with E-state index in [9.17, 15) is 10.1 Å². The number of furan rings is 1. The zero-order chi connectivity index (χ0) is 9.14. The van der Waals surface area contributed by atoms with Crippen molar-refractivity contribution in [1.82, 2.24) is 0 Å². The molecule has 1 aromatic rings. The van der Waals surface area contributed by atoms with E-state index in [-0.39, 0.29) is 11.4 Å². The van der Waals surface area contributed by atoms with Crippen molar-refractivity contribution in [2.75, 3.05) is 0 Å². The quantitative estimate of drug-likeness (QED) is 0.531. The molecule has 2 N–H and O–H groups in total. The second kappa shape index (κ2) is 3.08. The molecule has 0 aliphatic heterocycles. The highest BCUT2D eigenvalue weighted by molar-refractivity contribution is 5.59. The largest absolute Gasteiger partial charge is 0.463 e. The van der Waals surface area contributed by atoms with Crippen LogP contribution in [0.4, 0.5) is 0 Å². The molecule has 0 aliphatic carbocycles. The molecule has 0 amide bonds. The molecule has 5 heteroatoms. The summed E-state index contributed by atoms with van der Waals surface area (Å²) in [5.41, 5.74) is 5.38. The molecular formula is C7H8N2O3. The van der Waals surface area contributed by atoms with E-state index in [1.165, 1.54) is 13.2 Å². The van der Waals surface area contributed by atoms with Crippen LogP contribution in [0.5, 0.6) is 0 Å². The van der Waals surface area contributed by atoms with Crippen LogP contribution in [0.25, 0.3) is 5.70 Å². The van der Waals surface area contributed by atoms with E-state index in [4.69, 9.17) is 10.2 Å². The highest BCUT2D eigenvalue weighted by Crippen LogP contribution is 2.13. The molecule has 1 aromatic heterocycles. The summed E-state index contributed by atoms with van der Waals surface area (Å²) in [6.45, 7) is 1.33. The van der Waals surface area contributed by atoms with Crippen LogP contribution < -0.4 is 5.73 Å². The lowest BCUT2D eigenvalue weighted by molar-refractivity contribution is -0.423. The van der Waals surface area contributed by atoms with Gasteiger partial charge in [0.15, 0.2) is 5.76 Å². The lowest BCUT2D eigenvalue weighted by Gasteiger charge is -1.95. The topological polar surface area (TPSA) is 82.3 Å². The lowest BCUT2D eigenvalue weighted by Crippen LogP contribution is -2.05. The number of rotatable bonds is 2. The molecule has 0 atom stereocenters. The number of allylic oxidation sites excluding steroid dienone is 1. The van der Waals surface area contributed by atoms with Gasteiger partial charge in [-0.1, -0.05) is 0 Å². The summed E-state index contributed by atoms with van der Waals surface area (Å²) in [6, 6.07) is 3.19. The van der Waals surface area contributed by atoms with Crippen LogP contribution in [0.2, 0.25) is 0 Å². The Balaban J connectivity index is 3.05. The molecule has 0 saturated carbocycles. The number of nitrogens with zero attached hydrogens (tertiary/aromatic N) is 1. The molecule has 1 heterocycles. The van der Waals surface area contributed by atoms with Gasteiger partial charge in [-0.3, -0.25) is 10.1 Å². The van der Waals surface area contributed by atoms with Crippen molar-refractivity contribution in [2.45, 2.75) is 6.92 Å². The van der Waals surface area contributed by atoms with E-state index in [2.05, 4.69) is 0 Å². The lowest BCUT2D eigenvalue weighted by atomic mass is 10.3. The normalized spacial score (nSPS) is 12.4. The Morgan fingerprint density at radius 1 is 1.75 bits per heavy atom. The average molecular weight is 168 g/mol. The molecule has 0 unspecified atom stereocenters. The van der Waals surface area contributed by atoms with Gasteiger partial charge in [0, 0.05) is 6.92 Å². The van der Waals surface area contributed by atoms with Gasteiger partial charge in [0.05, 0.1) is 11.2 Å². The number of nitrogens with two attached hydrogens (primary N) is 1. The first-order valence-electron chi connectivity index (χ1n) is 3.27. The zero-order valence-corrected chi connectivity index (χ0v) is 6.48. The molecule has 0 fully saturated rings. The summed E-state index contributed by atoms with van der Waals surface area (Å²) in [5, 5.41) is 10.3. The maximum Gasteiger partial charge on any atom is 0.269 e. The molecule has 0 spiro atoms. The Labute approximate surface area is 68.6 Å². The van der Waals surface area contributed by atoms with E-state index in [0.29, 0.717) is 5.76 Å². The van der Waals surface area contributed by atoms with Gasteiger partial charge in [-0.15, -0.1) is 0 Å². The van der Waals surface area contributed by atoms with Crippen LogP contribution in [0, 0.1) is 10.1 Å². The summed E-state index contributed by atoms with van der Waals surface area (Å²) in [6.07, 6.45) is 1.41. The van der Waals surface area contributed by atoms with Crippen LogP contribution in [0.3, 0.4) is 0 Å². The summed E-state index contributed by atoms with van der Waals surface area (Å²) in [4.78, 5) is 9.72. The van der Waals surface area contributed by atoms with E-state index >= 15 is 0 Å². The second-order valence-electron chi connectivity index (χ2n) is 2.23. The molecule has 0 aliphatic rings. The molecule has 0 radical (unpaired) electrons. The SMILES string of the molecule is CC(=C(N)c1ccco1)[N+](=O)[O-]. The molecule has 0 aromatic carbocycles. The first-order chi connectivity index (χ1) is 5.63. The van der Waals surface area contributed by atoms with Crippen molar-refractivity contribution < 1.29 is 9.34 Å². The van der Waals surface area contributed by atoms with Gasteiger partial charge in [0.2, 0.25) is 0 Å². The first kappa shape index (κ1) is 8.32.